The Morgan fingerprint density at radius 3 is 2.89 bits per heavy atom. The van der Waals surface area contributed by atoms with Crippen LogP contribution in [0.25, 0.3) is 11.5 Å². The molecule has 0 aliphatic heterocycles. The summed E-state index contributed by atoms with van der Waals surface area (Å²) in [6, 6.07) is 0. The normalized spacial score (nSPS) is 11.0. The Morgan fingerprint density at radius 2 is 2.21 bits per heavy atom. The van der Waals surface area contributed by atoms with Gasteiger partial charge in [-0.15, -0.1) is 5.10 Å². The molecule has 0 spiro atoms. The maximum absolute atomic E-state index is 12.2. The van der Waals surface area contributed by atoms with E-state index in [1.807, 2.05) is 6.92 Å². The molecule has 3 heterocycles. The molecule has 0 N–H and O–H groups in total. The van der Waals surface area contributed by atoms with Crippen molar-refractivity contribution in [3.05, 3.63) is 53.8 Å². The maximum Gasteiger partial charge on any atom is 0.350 e. The van der Waals surface area contributed by atoms with Crippen LogP contribution in [0.5, 0.6) is 0 Å². The topological polar surface area (TPSA) is 70.0 Å². The van der Waals surface area contributed by atoms with Crippen LogP contribution in [-0.2, 0) is 6.54 Å². The van der Waals surface area contributed by atoms with Crippen LogP contribution in [0.3, 0.4) is 0 Å². The van der Waals surface area contributed by atoms with Crippen LogP contribution < -0.4 is 5.69 Å². The van der Waals surface area contributed by atoms with Crippen molar-refractivity contribution in [1.82, 2.24) is 28.7 Å². The van der Waals surface area contributed by atoms with E-state index >= 15 is 0 Å². The largest absolute Gasteiger partial charge is 0.350 e. The molecule has 3 aromatic heterocycles. The minimum Gasteiger partial charge on any atom is -0.287 e. The first-order valence-electron chi connectivity index (χ1n) is 5.73. The number of hydrogen-bond acceptors (Lipinski definition) is 4. The highest BCUT2D eigenvalue weighted by atomic mass is 16.2. The summed E-state index contributed by atoms with van der Waals surface area (Å²) in [7, 11) is 0. The van der Waals surface area contributed by atoms with E-state index in [0.29, 0.717) is 18.0 Å². The van der Waals surface area contributed by atoms with Crippen molar-refractivity contribution in [3.8, 4) is 5.82 Å². The van der Waals surface area contributed by atoms with Crippen LogP contribution in [0.15, 0.2) is 48.1 Å². The van der Waals surface area contributed by atoms with E-state index < -0.39 is 0 Å². The Hall–Kier alpha value is -2.70. The lowest BCUT2D eigenvalue weighted by atomic mass is 10.4. The van der Waals surface area contributed by atoms with Crippen molar-refractivity contribution >= 4 is 5.65 Å². The molecule has 19 heavy (non-hydrogen) atoms. The average molecular weight is 256 g/mol. The number of hydrogen-bond donors (Lipinski definition) is 0. The summed E-state index contributed by atoms with van der Waals surface area (Å²) in [6.07, 6.45) is 8.18. The van der Waals surface area contributed by atoms with Crippen molar-refractivity contribution < 1.29 is 0 Å². The highest BCUT2D eigenvalue weighted by Crippen LogP contribution is 2.08. The summed E-state index contributed by atoms with van der Waals surface area (Å²) in [5.74, 6) is 0.567. The standard InChI is InChI=1S/C12H12N6O/c1-9(2)7-18-12(19)17-6-4-14-10(11(17)15-18)16-5-3-13-8-16/h3-6,8H,1,7H2,2H3. The van der Waals surface area contributed by atoms with E-state index in [9.17, 15) is 4.79 Å². The van der Waals surface area contributed by atoms with Gasteiger partial charge >= 0.3 is 5.69 Å². The molecule has 0 aliphatic carbocycles. The van der Waals surface area contributed by atoms with Crippen molar-refractivity contribution in [2.45, 2.75) is 13.5 Å². The van der Waals surface area contributed by atoms with Gasteiger partial charge in [0.1, 0.15) is 6.33 Å². The van der Waals surface area contributed by atoms with Gasteiger partial charge in [0, 0.05) is 24.8 Å². The Labute approximate surface area is 108 Å². The van der Waals surface area contributed by atoms with Crippen LogP contribution in [0.1, 0.15) is 6.92 Å². The zero-order chi connectivity index (χ0) is 13.4. The second kappa shape index (κ2) is 4.20. The lowest BCUT2D eigenvalue weighted by Gasteiger charge is -2.00. The molecule has 0 radical (unpaired) electrons. The fraction of sp³-hybridized carbons (Fsp3) is 0.167. The summed E-state index contributed by atoms with van der Waals surface area (Å²) < 4.78 is 4.55. The van der Waals surface area contributed by atoms with Crippen molar-refractivity contribution in [2.75, 3.05) is 0 Å². The van der Waals surface area contributed by atoms with Gasteiger partial charge in [-0.05, 0) is 6.92 Å². The lowest BCUT2D eigenvalue weighted by Crippen LogP contribution is -2.21. The summed E-state index contributed by atoms with van der Waals surface area (Å²) in [5, 5.41) is 4.30. The molecule has 0 unspecified atom stereocenters. The molecule has 0 atom stereocenters. The number of rotatable bonds is 3. The number of fused-ring (bicyclic) bond motifs is 1. The van der Waals surface area contributed by atoms with Crippen LogP contribution in [0, 0.1) is 0 Å². The third-order valence-corrected chi connectivity index (χ3v) is 2.65. The molecule has 0 saturated carbocycles. The molecular formula is C12H12N6O. The van der Waals surface area contributed by atoms with Gasteiger partial charge in [0.15, 0.2) is 5.82 Å². The monoisotopic (exact) mass is 256 g/mol. The van der Waals surface area contributed by atoms with E-state index in [1.165, 1.54) is 9.08 Å². The van der Waals surface area contributed by atoms with E-state index in [1.54, 1.807) is 35.7 Å². The van der Waals surface area contributed by atoms with Crippen molar-refractivity contribution in [3.63, 3.8) is 0 Å². The van der Waals surface area contributed by atoms with Crippen LogP contribution in [-0.4, -0.2) is 28.7 Å². The van der Waals surface area contributed by atoms with Crippen LogP contribution >= 0.6 is 0 Å². The van der Waals surface area contributed by atoms with Gasteiger partial charge in [-0.2, -0.15) is 0 Å². The molecule has 7 heteroatoms. The van der Waals surface area contributed by atoms with Gasteiger partial charge in [-0.1, -0.05) is 12.2 Å². The van der Waals surface area contributed by atoms with Crippen molar-refractivity contribution in [2.24, 2.45) is 0 Å². The molecule has 0 aliphatic rings. The Balaban J connectivity index is 2.26. The number of allylic oxidation sites excluding steroid dienone is 1. The fourth-order valence-electron chi connectivity index (χ4n) is 1.86. The zero-order valence-electron chi connectivity index (χ0n) is 10.4. The summed E-state index contributed by atoms with van der Waals surface area (Å²) in [6.45, 7) is 6.04. The molecule has 7 nitrogen and oxygen atoms in total. The molecule has 0 saturated heterocycles. The molecule has 0 bridgehead atoms. The molecular weight excluding hydrogens is 244 g/mol. The second-order valence-electron chi connectivity index (χ2n) is 4.31. The fourth-order valence-corrected chi connectivity index (χ4v) is 1.86. The van der Waals surface area contributed by atoms with Crippen molar-refractivity contribution in [1.29, 1.82) is 0 Å². The van der Waals surface area contributed by atoms with Crippen LogP contribution in [0.2, 0.25) is 0 Å². The van der Waals surface area contributed by atoms with E-state index in [2.05, 4.69) is 21.6 Å². The molecule has 0 fully saturated rings. The molecule has 0 amide bonds. The third kappa shape index (κ3) is 1.85. The highest BCUT2D eigenvalue weighted by molar-refractivity contribution is 5.53. The lowest BCUT2D eigenvalue weighted by molar-refractivity contribution is 0.651. The summed E-state index contributed by atoms with van der Waals surface area (Å²) >= 11 is 0. The number of imidazole rings is 1. The Bertz CT molecular complexity index is 795. The molecule has 0 aromatic carbocycles. The minimum absolute atomic E-state index is 0.207. The number of nitrogens with zero attached hydrogens (tertiary/aromatic N) is 6. The first kappa shape index (κ1) is 11.4. The highest BCUT2D eigenvalue weighted by Gasteiger charge is 2.12. The minimum atomic E-state index is -0.207. The first-order valence-corrected chi connectivity index (χ1v) is 5.73. The second-order valence-corrected chi connectivity index (χ2v) is 4.31. The maximum atomic E-state index is 12.2. The first-order chi connectivity index (χ1) is 9.16. The van der Waals surface area contributed by atoms with Gasteiger partial charge in [-0.25, -0.2) is 23.8 Å². The molecule has 3 rings (SSSR count). The van der Waals surface area contributed by atoms with Gasteiger partial charge < -0.3 is 0 Å². The summed E-state index contributed by atoms with van der Waals surface area (Å²) in [5.41, 5.74) is 1.15. The third-order valence-electron chi connectivity index (χ3n) is 2.65. The van der Waals surface area contributed by atoms with Gasteiger partial charge in [0.25, 0.3) is 0 Å². The average Bonchev–Trinajstić information content (AvgIpc) is 2.99. The number of aromatic nitrogens is 6. The Kier molecular flexibility index (Phi) is 2.52. The molecule has 96 valence electrons. The van der Waals surface area contributed by atoms with E-state index in [4.69, 9.17) is 0 Å². The zero-order valence-corrected chi connectivity index (χ0v) is 10.4. The predicted molar refractivity (Wildman–Crippen MR) is 69.2 cm³/mol. The SMILES string of the molecule is C=C(C)Cn1nc2c(-n3ccnc3)nccn2c1=O. The van der Waals surface area contributed by atoms with Gasteiger partial charge in [0.05, 0.1) is 6.54 Å². The smallest absolute Gasteiger partial charge is 0.287 e. The quantitative estimate of drug-likeness (QED) is 0.645. The van der Waals surface area contributed by atoms with Gasteiger partial charge in [-0.3, -0.25) is 4.57 Å². The van der Waals surface area contributed by atoms with E-state index in [-0.39, 0.29) is 5.69 Å². The predicted octanol–water partition coefficient (Wildman–Crippen LogP) is 0.653. The van der Waals surface area contributed by atoms with Crippen LogP contribution in [0.4, 0.5) is 0 Å². The van der Waals surface area contributed by atoms with Gasteiger partial charge in [0.2, 0.25) is 5.65 Å². The summed E-state index contributed by atoms with van der Waals surface area (Å²) in [4.78, 5) is 20.4. The molecule has 3 aromatic rings. The van der Waals surface area contributed by atoms with E-state index in [0.717, 1.165) is 5.57 Å². The Morgan fingerprint density at radius 1 is 1.37 bits per heavy atom.